The lowest BCUT2D eigenvalue weighted by Gasteiger charge is -2.32. The molecule has 3 rings (SSSR count). The van der Waals surface area contributed by atoms with Crippen molar-refractivity contribution in [3.8, 4) is 5.88 Å². The predicted molar refractivity (Wildman–Crippen MR) is 111 cm³/mol. The average molecular weight is 509 g/mol. The fourth-order valence-electron chi connectivity index (χ4n) is 3.32. The summed E-state index contributed by atoms with van der Waals surface area (Å²) in [5.41, 5.74) is -0.594. The number of sulfonamides is 1. The number of hydrogen-bond donors (Lipinski definition) is 2. The van der Waals surface area contributed by atoms with Crippen molar-refractivity contribution in [2.24, 2.45) is 0 Å². The van der Waals surface area contributed by atoms with Crippen LogP contribution in [-0.4, -0.2) is 58.8 Å². The van der Waals surface area contributed by atoms with Crippen LogP contribution in [0.5, 0.6) is 5.88 Å². The highest BCUT2D eigenvalue weighted by molar-refractivity contribution is 7.89. The van der Waals surface area contributed by atoms with Crippen LogP contribution in [0.2, 0.25) is 5.02 Å². The number of ether oxygens (including phenoxy) is 1. The zero-order chi connectivity index (χ0) is 24.2. The topological polar surface area (TPSA) is 122 Å². The Morgan fingerprint density at radius 1 is 1.33 bits per heavy atom. The highest BCUT2D eigenvalue weighted by atomic mass is 35.5. The van der Waals surface area contributed by atoms with E-state index in [2.05, 4.69) is 15.3 Å². The molecule has 180 valence electrons. The van der Waals surface area contributed by atoms with Crippen LogP contribution in [-0.2, 0) is 16.2 Å². The van der Waals surface area contributed by atoms with E-state index in [1.807, 2.05) is 0 Å². The molecule has 1 fully saturated rings. The van der Waals surface area contributed by atoms with Gasteiger partial charge in [-0.3, -0.25) is 4.98 Å². The summed E-state index contributed by atoms with van der Waals surface area (Å²) < 4.78 is 70.8. The number of nitrogens with one attached hydrogen (secondary N) is 1. The Kier molecular flexibility index (Phi) is 7.65. The van der Waals surface area contributed by atoms with Crippen LogP contribution in [0.3, 0.4) is 0 Å². The number of halogens is 4. The summed E-state index contributed by atoms with van der Waals surface area (Å²) in [7, 11) is -3.85. The first kappa shape index (κ1) is 25.0. The Balaban J connectivity index is 1.62. The molecular formula is C19H20ClF3N4O5S. The zero-order valence-electron chi connectivity index (χ0n) is 17.0. The third kappa shape index (κ3) is 6.68. The minimum Gasteiger partial charge on any atom is -0.473 e. The van der Waals surface area contributed by atoms with Gasteiger partial charge in [-0.15, -0.1) is 0 Å². The molecule has 33 heavy (non-hydrogen) atoms. The van der Waals surface area contributed by atoms with Gasteiger partial charge in [-0.2, -0.15) is 13.2 Å². The number of hydrogen-bond acceptors (Lipinski definition) is 6. The van der Waals surface area contributed by atoms with E-state index in [1.165, 1.54) is 16.7 Å². The van der Waals surface area contributed by atoms with Gasteiger partial charge in [0.2, 0.25) is 15.9 Å². The summed E-state index contributed by atoms with van der Waals surface area (Å²) >= 11 is 5.86. The number of pyridine rings is 2. The number of alkyl halides is 3. The molecule has 1 saturated heterocycles. The largest absolute Gasteiger partial charge is 0.473 e. The number of carbonyl (C=O) groups is 1. The molecule has 0 unspecified atom stereocenters. The molecule has 0 bridgehead atoms. The van der Waals surface area contributed by atoms with E-state index in [0.717, 1.165) is 6.07 Å². The smallest absolute Gasteiger partial charge is 0.417 e. The second-order valence-corrected chi connectivity index (χ2v) is 9.71. The maximum absolute atomic E-state index is 12.9. The summed E-state index contributed by atoms with van der Waals surface area (Å²) in [5, 5.41) is 11.0. The van der Waals surface area contributed by atoms with E-state index in [4.69, 9.17) is 21.4 Å². The van der Waals surface area contributed by atoms with Gasteiger partial charge in [-0.05, 0) is 30.5 Å². The van der Waals surface area contributed by atoms with E-state index in [1.54, 1.807) is 12.1 Å². The molecule has 2 N–H and O–H groups in total. The molecule has 0 aromatic carbocycles. The summed E-state index contributed by atoms with van der Waals surface area (Å²) in [6, 6.07) is 2.86. The Hall–Kier alpha value is -2.64. The molecular weight excluding hydrogens is 489 g/mol. The fraction of sp³-hybridized carbons (Fsp3) is 0.421. The molecule has 3 heterocycles. The highest BCUT2D eigenvalue weighted by Crippen LogP contribution is 2.34. The van der Waals surface area contributed by atoms with E-state index in [-0.39, 0.29) is 36.8 Å². The molecule has 1 aliphatic heterocycles. The summed E-state index contributed by atoms with van der Waals surface area (Å²) in [6.45, 7) is 0.163. The quantitative estimate of drug-likeness (QED) is 0.588. The van der Waals surface area contributed by atoms with Gasteiger partial charge in [0.05, 0.1) is 17.4 Å². The SMILES string of the molecule is O=C(O)N[C@@H](CS(=O)(=O)N1CCC(Oc2ncc(C(F)(F)F)cc2Cl)CC1)c1cccnc1. The van der Waals surface area contributed by atoms with Gasteiger partial charge >= 0.3 is 12.3 Å². The monoisotopic (exact) mass is 508 g/mol. The van der Waals surface area contributed by atoms with Crippen molar-refractivity contribution in [2.45, 2.75) is 31.2 Å². The number of amides is 1. The molecule has 0 saturated carbocycles. The van der Waals surface area contributed by atoms with Crippen molar-refractivity contribution >= 4 is 27.7 Å². The maximum atomic E-state index is 12.9. The van der Waals surface area contributed by atoms with Crippen LogP contribution in [0, 0.1) is 0 Å². The number of piperidine rings is 1. The van der Waals surface area contributed by atoms with Crippen LogP contribution in [0.25, 0.3) is 0 Å². The van der Waals surface area contributed by atoms with Gasteiger partial charge < -0.3 is 15.2 Å². The zero-order valence-corrected chi connectivity index (χ0v) is 18.6. The second-order valence-electron chi connectivity index (χ2n) is 7.29. The normalized spacial score (nSPS) is 16.8. The van der Waals surface area contributed by atoms with Crippen LogP contribution < -0.4 is 10.1 Å². The van der Waals surface area contributed by atoms with Gasteiger partial charge in [0, 0.05) is 31.7 Å². The first-order chi connectivity index (χ1) is 15.5. The Morgan fingerprint density at radius 2 is 2.03 bits per heavy atom. The number of rotatable bonds is 7. The van der Waals surface area contributed by atoms with Crippen molar-refractivity contribution in [3.63, 3.8) is 0 Å². The molecule has 0 radical (unpaired) electrons. The summed E-state index contributed by atoms with van der Waals surface area (Å²) in [4.78, 5) is 18.7. The van der Waals surface area contributed by atoms with Crippen molar-refractivity contribution in [3.05, 3.63) is 52.9 Å². The molecule has 2 aromatic rings. The van der Waals surface area contributed by atoms with E-state index >= 15 is 0 Å². The van der Waals surface area contributed by atoms with Crippen LogP contribution >= 0.6 is 11.6 Å². The number of nitrogens with zero attached hydrogens (tertiary/aromatic N) is 3. The van der Waals surface area contributed by atoms with Crippen molar-refractivity contribution in [1.29, 1.82) is 0 Å². The highest BCUT2D eigenvalue weighted by Gasteiger charge is 2.34. The predicted octanol–water partition coefficient (Wildman–Crippen LogP) is 3.33. The third-order valence-corrected chi connectivity index (χ3v) is 7.15. The summed E-state index contributed by atoms with van der Waals surface area (Å²) in [5.74, 6) is -0.656. The molecule has 1 atom stereocenters. The molecule has 1 aliphatic rings. The fourth-order valence-corrected chi connectivity index (χ4v) is 5.21. The summed E-state index contributed by atoms with van der Waals surface area (Å²) in [6.07, 6.45) is -2.45. The molecule has 2 aromatic heterocycles. The average Bonchev–Trinajstić information content (AvgIpc) is 2.74. The van der Waals surface area contributed by atoms with E-state index < -0.39 is 45.8 Å². The molecule has 9 nitrogen and oxygen atoms in total. The Morgan fingerprint density at radius 3 is 2.58 bits per heavy atom. The van der Waals surface area contributed by atoms with Crippen LogP contribution in [0.4, 0.5) is 18.0 Å². The maximum Gasteiger partial charge on any atom is 0.417 e. The van der Waals surface area contributed by atoms with Crippen LogP contribution in [0.15, 0.2) is 36.8 Å². The lowest BCUT2D eigenvalue weighted by molar-refractivity contribution is -0.137. The van der Waals surface area contributed by atoms with Gasteiger partial charge in [0.1, 0.15) is 11.1 Å². The van der Waals surface area contributed by atoms with Gasteiger partial charge in [0.15, 0.2) is 0 Å². The molecule has 14 heteroatoms. The third-order valence-electron chi connectivity index (χ3n) is 4.97. The van der Waals surface area contributed by atoms with Crippen molar-refractivity contribution in [2.75, 3.05) is 18.8 Å². The van der Waals surface area contributed by atoms with Crippen molar-refractivity contribution < 1.29 is 36.2 Å². The lowest BCUT2D eigenvalue weighted by Crippen LogP contribution is -2.45. The van der Waals surface area contributed by atoms with E-state index in [0.29, 0.717) is 11.8 Å². The second kappa shape index (κ2) is 10.1. The Labute approximate surface area is 192 Å². The molecule has 1 amide bonds. The Bertz CT molecular complexity index is 1080. The number of carboxylic acid groups (broad SMARTS) is 1. The molecule has 0 aliphatic carbocycles. The molecule has 0 spiro atoms. The lowest BCUT2D eigenvalue weighted by atomic mass is 10.1. The first-order valence-electron chi connectivity index (χ1n) is 9.72. The van der Waals surface area contributed by atoms with Gasteiger partial charge in [-0.1, -0.05) is 17.7 Å². The number of aromatic nitrogens is 2. The van der Waals surface area contributed by atoms with Gasteiger partial charge in [0.25, 0.3) is 0 Å². The van der Waals surface area contributed by atoms with E-state index in [9.17, 15) is 26.4 Å². The van der Waals surface area contributed by atoms with Crippen molar-refractivity contribution in [1.82, 2.24) is 19.6 Å². The minimum atomic E-state index is -4.59. The standard InChI is InChI=1S/C19H20ClF3N4O5S/c20-15-8-13(19(21,22)23)10-25-17(15)32-14-3-6-27(7-4-14)33(30,31)11-16(26-18(28)29)12-2-1-5-24-9-12/h1-2,5,8-10,14,16,26H,3-4,6-7,11H2,(H,28,29)/t16-/m0/s1. The van der Waals surface area contributed by atoms with Gasteiger partial charge in [-0.25, -0.2) is 22.5 Å². The van der Waals surface area contributed by atoms with Crippen LogP contribution in [0.1, 0.15) is 30.0 Å². The first-order valence-corrected chi connectivity index (χ1v) is 11.7. The minimum absolute atomic E-state index is 0.0814.